The molecule has 0 saturated heterocycles. The van der Waals surface area contributed by atoms with E-state index in [-0.39, 0.29) is 48.1 Å². The van der Waals surface area contributed by atoms with Gasteiger partial charge in [0.2, 0.25) is 0 Å². The largest absolute Gasteiger partial charge is 4.00 e. The Morgan fingerprint density at radius 1 is 0.714 bits per heavy atom. The van der Waals surface area contributed by atoms with E-state index in [9.17, 15) is 0 Å². The third-order valence-corrected chi connectivity index (χ3v) is 2.81. The molecule has 1 heteroatoms. The SMILES string of the molecule is Cc1c(C)c(C)[c-](C)c1C.[CH3-].[CH3-].[CH3-].[Hf+4]. The number of rotatable bonds is 0. The molecule has 80 valence electrons. The first-order valence-electron chi connectivity index (χ1n) is 3.75. The van der Waals surface area contributed by atoms with Gasteiger partial charge < -0.3 is 22.3 Å². The molecule has 0 radical (unpaired) electrons. The van der Waals surface area contributed by atoms with Gasteiger partial charge in [0.15, 0.2) is 0 Å². The zero-order chi connectivity index (χ0) is 7.89. The van der Waals surface area contributed by atoms with Crippen LogP contribution in [-0.4, -0.2) is 0 Å². The molecule has 0 nitrogen and oxygen atoms in total. The van der Waals surface area contributed by atoms with Crippen LogP contribution in [0.15, 0.2) is 0 Å². The molecule has 0 heterocycles. The summed E-state index contributed by atoms with van der Waals surface area (Å²) in [5.41, 5.74) is 7.34. The summed E-state index contributed by atoms with van der Waals surface area (Å²) >= 11 is 0. The van der Waals surface area contributed by atoms with E-state index in [1.807, 2.05) is 0 Å². The zero-order valence-electron chi connectivity index (χ0n) is 11.0. The molecule has 0 unspecified atom stereocenters. The summed E-state index contributed by atoms with van der Waals surface area (Å²) in [6.45, 7) is 11.0. The van der Waals surface area contributed by atoms with Crippen molar-refractivity contribution in [3.8, 4) is 0 Å². The van der Waals surface area contributed by atoms with Crippen LogP contribution >= 0.6 is 0 Å². The van der Waals surface area contributed by atoms with Gasteiger partial charge in [0.25, 0.3) is 0 Å². The fraction of sp³-hybridized carbons (Fsp3) is 0.385. The molecule has 0 N–H and O–H groups in total. The van der Waals surface area contributed by atoms with Crippen molar-refractivity contribution < 1.29 is 25.8 Å². The monoisotopic (exact) mass is 360 g/mol. The molecule has 0 bridgehead atoms. The van der Waals surface area contributed by atoms with E-state index in [0.717, 1.165) is 0 Å². The minimum absolute atomic E-state index is 0. The fourth-order valence-electron chi connectivity index (χ4n) is 1.41. The molecular formula is C13H24Hf. The van der Waals surface area contributed by atoms with E-state index in [4.69, 9.17) is 0 Å². The van der Waals surface area contributed by atoms with E-state index in [2.05, 4.69) is 34.6 Å². The van der Waals surface area contributed by atoms with E-state index < -0.39 is 0 Å². The van der Waals surface area contributed by atoms with Gasteiger partial charge in [-0.25, -0.2) is 0 Å². The molecule has 0 aliphatic heterocycles. The molecule has 1 aromatic rings. The summed E-state index contributed by atoms with van der Waals surface area (Å²) < 4.78 is 0. The molecule has 0 spiro atoms. The Hall–Kier alpha value is 0.220. The third-order valence-electron chi connectivity index (χ3n) is 2.81. The first kappa shape index (κ1) is 23.8. The molecular weight excluding hydrogens is 335 g/mol. The first-order valence-corrected chi connectivity index (χ1v) is 3.75. The van der Waals surface area contributed by atoms with Crippen molar-refractivity contribution in [1.82, 2.24) is 0 Å². The quantitative estimate of drug-likeness (QED) is 0.479. The van der Waals surface area contributed by atoms with Gasteiger partial charge in [0, 0.05) is 0 Å². The second-order valence-electron chi connectivity index (χ2n) is 3.12. The van der Waals surface area contributed by atoms with E-state index in [0.29, 0.717) is 0 Å². The van der Waals surface area contributed by atoms with E-state index >= 15 is 0 Å². The number of hydrogen-bond donors (Lipinski definition) is 0. The number of hydrogen-bond acceptors (Lipinski definition) is 0. The van der Waals surface area contributed by atoms with Crippen LogP contribution in [0.5, 0.6) is 0 Å². The van der Waals surface area contributed by atoms with Crippen molar-refractivity contribution in [2.45, 2.75) is 34.6 Å². The van der Waals surface area contributed by atoms with Crippen LogP contribution in [0.25, 0.3) is 0 Å². The Morgan fingerprint density at radius 3 is 1.00 bits per heavy atom. The summed E-state index contributed by atoms with van der Waals surface area (Å²) in [6, 6.07) is 0. The van der Waals surface area contributed by atoms with Gasteiger partial charge in [-0.05, 0) is 0 Å². The van der Waals surface area contributed by atoms with Gasteiger partial charge in [-0.3, -0.25) is 0 Å². The summed E-state index contributed by atoms with van der Waals surface area (Å²) in [6.07, 6.45) is 0. The molecule has 1 rings (SSSR count). The molecule has 0 atom stereocenters. The zero-order valence-corrected chi connectivity index (χ0v) is 14.6. The van der Waals surface area contributed by atoms with Crippen molar-refractivity contribution in [2.24, 2.45) is 0 Å². The molecule has 1 aromatic carbocycles. The molecule has 0 aromatic heterocycles. The minimum Gasteiger partial charge on any atom is -0.358 e. The predicted molar refractivity (Wildman–Crippen MR) is 65.0 cm³/mol. The molecule has 0 aliphatic carbocycles. The molecule has 0 aliphatic rings. The Balaban J connectivity index is -0.000000125. The van der Waals surface area contributed by atoms with Gasteiger partial charge >= 0.3 is 25.8 Å². The van der Waals surface area contributed by atoms with Crippen LogP contribution in [0.3, 0.4) is 0 Å². The second-order valence-corrected chi connectivity index (χ2v) is 3.12. The Labute approximate surface area is 110 Å². The van der Waals surface area contributed by atoms with Crippen molar-refractivity contribution in [3.05, 3.63) is 50.1 Å². The van der Waals surface area contributed by atoms with Gasteiger partial charge in [-0.2, -0.15) is 27.8 Å². The first-order chi connectivity index (χ1) is 4.55. The van der Waals surface area contributed by atoms with Crippen LogP contribution in [0, 0.1) is 56.9 Å². The maximum Gasteiger partial charge on any atom is 4.00 e. The van der Waals surface area contributed by atoms with Crippen molar-refractivity contribution in [3.63, 3.8) is 0 Å². The summed E-state index contributed by atoms with van der Waals surface area (Å²) in [5, 5.41) is 0. The molecule has 14 heavy (non-hydrogen) atoms. The fourth-order valence-corrected chi connectivity index (χ4v) is 1.41. The van der Waals surface area contributed by atoms with Crippen LogP contribution < -0.4 is 0 Å². The van der Waals surface area contributed by atoms with Crippen LogP contribution in [0.4, 0.5) is 0 Å². The predicted octanol–water partition coefficient (Wildman–Crippen LogP) is 4.30. The minimum atomic E-state index is 0. The Bertz CT molecular complexity index is 176. The molecule has 0 saturated carbocycles. The Morgan fingerprint density at radius 2 is 0.929 bits per heavy atom. The van der Waals surface area contributed by atoms with E-state index in [1.54, 1.807) is 0 Å². The van der Waals surface area contributed by atoms with Crippen molar-refractivity contribution in [2.75, 3.05) is 0 Å². The van der Waals surface area contributed by atoms with Crippen molar-refractivity contribution >= 4 is 0 Å². The standard InChI is InChI=1S/C10H15.3CH3.Hf/c1-6-7(2)9(4)10(5)8(6)3;;;;/h1-5H3;3*1H3;/q4*-1;+4. The summed E-state index contributed by atoms with van der Waals surface area (Å²) in [4.78, 5) is 0. The smallest absolute Gasteiger partial charge is 0.358 e. The molecule has 0 amide bonds. The van der Waals surface area contributed by atoms with Gasteiger partial charge in [-0.15, -0.1) is 0 Å². The average molecular weight is 359 g/mol. The topological polar surface area (TPSA) is 0 Å². The van der Waals surface area contributed by atoms with Gasteiger partial charge in [0.05, 0.1) is 0 Å². The van der Waals surface area contributed by atoms with Crippen LogP contribution in [-0.2, 0) is 25.8 Å². The van der Waals surface area contributed by atoms with Crippen LogP contribution in [0.2, 0.25) is 0 Å². The Kier molecular flexibility index (Phi) is 14.5. The maximum atomic E-state index is 2.20. The second kappa shape index (κ2) is 8.52. The van der Waals surface area contributed by atoms with Gasteiger partial charge in [0.1, 0.15) is 0 Å². The molecule has 0 fully saturated rings. The maximum absolute atomic E-state index is 2.20. The average Bonchev–Trinajstić information content (AvgIpc) is 2.07. The summed E-state index contributed by atoms with van der Waals surface area (Å²) in [5.74, 6) is 0. The summed E-state index contributed by atoms with van der Waals surface area (Å²) in [7, 11) is 0. The van der Waals surface area contributed by atoms with E-state index in [1.165, 1.54) is 27.8 Å². The third kappa shape index (κ3) is 3.76. The van der Waals surface area contributed by atoms with Crippen LogP contribution in [0.1, 0.15) is 27.8 Å². The van der Waals surface area contributed by atoms with Gasteiger partial charge in [-0.1, -0.05) is 34.6 Å². The van der Waals surface area contributed by atoms with Crippen molar-refractivity contribution in [1.29, 1.82) is 0 Å². The normalized spacial score (nSPS) is 7.50.